The Morgan fingerprint density at radius 1 is 1.16 bits per heavy atom. The Balaban J connectivity index is 2.82. The monoisotopic (exact) mass is 338 g/mol. The quantitative estimate of drug-likeness (QED) is 0.431. The summed E-state index contributed by atoms with van der Waals surface area (Å²) >= 11 is 3.27. The normalized spacial score (nSPS) is 27.1. The number of ether oxygens (including phenoxy) is 4. The van der Waals surface area contributed by atoms with Crippen LogP contribution in [-0.4, -0.2) is 49.3 Å². The molecule has 0 spiro atoms. The standard InChI is InChI=1S/C11H15BrO7/c1-16-10(14)18-8-4-3-6(13)5-7(12)9(8)19-11(15)17-2/h7-9H,3-5H2,1-2H3/t7-,8-,9-/m1/s1. The van der Waals surface area contributed by atoms with Crippen LogP contribution in [0.15, 0.2) is 0 Å². The molecule has 0 saturated heterocycles. The van der Waals surface area contributed by atoms with Crippen LogP contribution in [0.3, 0.4) is 0 Å². The van der Waals surface area contributed by atoms with Gasteiger partial charge in [-0.1, -0.05) is 15.9 Å². The molecule has 19 heavy (non-hydrogen) atoms. The minimum atomic E-state index is -0.901. The van der Waals surface area contributed by atoms with Gasteiger partial charge in [0.2, 0.25) is 0 Å². The zero-order valence-corrected chi connectivity index (χ0v) is 12.2. The van der Waals surface area contributed by atoms with Crippen molar-refractivity contribution in [2.75, 3.05) is 14.2 Å². The van der Waals surface area contributed by atoms with E-state index in [0.717, 1.165) is 0 Å². The van der Waals surface area contributed by atoms with E-state index in [4.69, 9.17) is 9.47 Å². The van der Waals surface area contributed by atoms with Crippen LogP contribution in [0.1, 0.15) is 19.3 Å². The average Bonchev–Trinajstić information content (AvgIpc) is 2.51. The summed E-state index contributed by atoms with van der Waals surface area (Å²) in [6.45, 7) is 0. The lowest BCUT2D eigenvalue weighted by atomic mass is 10.1. The van der Waals surface area contributed by atoms with E-state index in [1.165, 1.54) is 14.2 Å². The van der Waals surface area contributed by atoms with E-state index in [1.807, 2.05) is 0 Å². The van der Waals surface area contributed by atoms with Gasteiger partial charge in [-0.05, 0) is 6.42 Å². The smallest absolute Gasteiger partial charge is 0.438 e. The van der Waals surface area contributed by atoms with Crippen LogP contribution in [-0.2, 0) is 23.7 Å². The fourth-order valence-electron chi connectivity index (χ4n) is 1.74. The number of Topliss-reactive ketones (excluding diaryl/α,β-unsaturated/α-hetero) is 1. The van der Waals surface area contributed by atoms with Crippen LogP contribution in [0.4, 0.5) is 9.59 Å². The molecule has 0 heterocycles. The second-order valence-electron chi connectivity index (χ2n) is 3.94. The van der Waals surface area contributed by atoms with Crippen LogP contribution < -0.4 is 0 Å². The number of halogens is 1. The zero-order chi connectivity index (χ0) is 14.4. The Bertz CT molecular complexity index is 357. The van der Waals surface area contributed by atoms with Crippen LogP contribution >= 0.6 is 15.9 Å². The summed E-state index contributed by atoms with van der Waals surface area (Å²) in [7, 11) is 2.34. The summed E-state index contributed by atoms with van der Waals surface area (Å²) in [6.07, 6.45) is -2.68. The van der Waals surface area contributed by atoms with Crippen LogP contribution in [0.2, 0.25) is 0 Å². The maximum Gasteiger partial charge on any atom is 0.508 e. The first-order chi connectivity index (χ1) is 8.97. The summed E-state index contributed by atoms with van der Waals surface area (Å²) in [5.41, 5.74) is 0. The van der Waals surface area contributed by atoms with E-state index in [1.54, 1.807) is 0 Å². The lowest BCUT2D eigenvalue weighted by Crippen LogP contribution is -2.40. The average molecular weight is 339 g/mol. The first kappa shape index (κ1) is 15.7. The fraction of sp³-hybridized carbons (Fsp3) is 0.727. The predicted octanol–water partition coefficient (Wildman–Crippen LogP) is 1.81. The van der Waals surface area contributed by atoms with Crippen LogP contribution in [0, 0.1) is 0 Å². The SMILES string of the molecule is COC(=O)O[C@@H]1[C@H](Br)CC(=O)CC[C@H]1OC(=O)OC. The van der Waals surface area contributed by atoms with Crippen LogP contribution in [0.5, 0.6) is 0 Å². The van der Waals surface area contributed by atoms with Crippen LogP contribution in [0.25, 0.3) is 0 Å². The summed E-state index contributed by atoms with van der Waals surface area (Å²) in [4.78, 5) is 33.4. The molecule has 0 amide bonds. The van der Waals surface area contributed by atoms with E-state index in [9.17, 15) is 14.4 Å². The molecule has 0 aromatic carbocycles. The molecule has 1 fully saturated rings. The van der Waals surface area contributed by atoms with Crippen molar-refractivity contribution in [3.63, 3.8) is 0 Å². The molecule has 0 radical (unpaired) electrons. The lowest BCUT2D eigenvalue weighted by molar-refractivity contribution is -0.119. The van der Waals surface area contributed by atoms with Gasteiger partial charge in [0.05, 0.1) is 19.0 Å². The van der Waals surface area contributed by atoms with E-state index >= 15 is 0 Å². The molecular weight excluding hydrogens is 324 g/mol. The largest absolute Gasteiger partial charge is 0.508 e. The second kappa shape index (κ2) is 7.32. The maximum absolute atomic E-state index is 11.5. The Morgan fingerprint density at radius 3 is 2.32 bits per heavy atom. The third kappa shape index (κ3) is 4.70. The number of ketones is 1. The van der Waals surface area contributed by atoms with Crippen molar-refractivity contribution in [2.45, 2.75) is 36.3 Å². The van der Waals surface area contributed by atoms with Gasteiger partial charge in [0.1, 0.15) is 11.9 Å². The summed E-state index contributed by atoms with van der Waals surface area (Å²) in [5.74, 6) is -0.00342. The highest BCUT2D eigenvalue weighted by molar-refractivity contribution is 9.09. The number of methoxy groups -OCH3 is 2. The summed E-state index contributed by atoms with van der Waals surface area (Å²) in [6, 6.07) is 0. The van der Waals surface area contributed by atoms with Gasteiger partial charge in [-0.3, -0.25) is 4.79 Å². The third-order valence-corrected chi connectivity index (χ3v) is 3.51. The molecule has 1 rings (SSSR count). The Hall–Kier alpha value is -1.31. The van der Waals surface area contributed by atoms with Gasteiger partial charge in [0, 0.05) is 12.8 Å². The van der Waals surface area contributed by atoms with Gasteiger partial charge in [0.15, 0.2) is 6.10 Å². The van der Waals surface area contributed by atoms with Crippen molar-refractivity contribution in [3.8, 4) is 0 Å². The molecule has 3 atom stereocenters. The van der Waals surface area contributed by atoms with Gasteiger partial charge in [-0.15, -0.1) is 0 Å². The number of hydrogen-bond donors (Lipinski definition) is 0. The topological polar surface area (TPSA) is 88.1 Å². The van der Waals surface area contributed by atoms with Crippen molar-refractivity contribution in [2.24, 2.45) is 0 Å². The third-order valence-electron chi connectivity index (χ3n) is 2.67. The number of alkyl halides is 1. The molecule has 1 aliphatic rings. The molecule has 1 aliphatic carbocycles. The van der Waals surface area contributed by atoms with Gasteiger partial charge in [-0.2, -0.15) is 0 Å². The molecule has 0 unspecified atom stereocenters. The first-order valence-electron chi connectivity index (χ1n) is 5.63. The van der Waals surface area contributed by atoms with Crippen molar-refractivity contribution in [3.05, 3.63) is 0 Å². The molecule has 8 heteroatoms. The summed E-state index contributed by atoms with van der Waals surface area (Å²) < 4.78 is 18.9. The van der Waals surface area contributed by atoms with E-state index in [-0.39, 0.29) is 25.0 Å². The van der Waals surface area contributed by atoms with E-state index in [2.05, 4.69) is 25.4 Å². The molecule has 0 N–H and O–H groups in total. The molecule has 0 bridgehead atoms. The lowest BCUT2D eigenvalue weighted by Gasteiger charge is -2.26. The molecule has 1 saturated carbocycles. The highest BCUT2D eigenvalue weighted by atomic mass is 79.9. The zero-order valence-electron chi connectivity index (χ0n) is 10.6. The number of rotatable bonds is 2. The van der Waals surface area contributed by atoms with Crippen molar-refractivity contribution >= 4 is 34.0 Å². The van der Waals surface area contributed by atoms with Gasteiger partial charge < -0.3 is 18.9 Å². The van der Waals surface area contributed by atoms with Crippen molar-refractivity contribution in [1.82, 2.24) is 0 Å². The fourth-order valence-corrected chi connectivity index (χ4v) is 2.55. The summed E-state index contributed by atoms with van der Waals surface area (Å²) in [5, 5.41) is 0. The number of carbonyl (C=O) groups is 3. The Kier molecular flexibility index (Phi) is 6.07. The molecule has 0 aromatic rings. The van der Waals surface area contributed by atoms with Gasteiger partial charge >= 0.3 is 12.3 Å². The van der Waals surface area contributed by atoms with Crippen molar-refractivity contribution in [1.29, 1.82) is 0 Å². The van der Waals surface area contributed by atoms with Gasteiger partial charge in [0.25, 0.3) is 0 Å². The molecule has 108 valence electrons. The molecule has 0 aliphatic heterocycles. The van der Waals surface area contributed by atoms with E-state index < -0.39 is 29.3 Å². The second-order valence-corrected chi connectivity index (χ2v) is 5.12. The first-order valence-corrected chi connectivity index (χ1v) is 6.54. The highest BCUT2D eigenvalue weighted by Crippen LogP contribution is 2.27. The number of hydrogen-bond acceptors (Lipinski definition) is 7. The highest BCUT2D eigenvalue weighted by Gasteiger charge is 2.38. The molecule has 7 nitrogen and oxygen atoms in total. The van der Waals surface area contributed by atoms with E-state index in [0.29, 0.717) is 0 Å². The molecular formula is C11H15BrO7. The molecule has 0 aromatic heterocycles. The van der Waals surface area contributed by atoms with Gasteiger partial charge in [-0.25, -0.2) is 9.59 Å². The maximum atomic E-state index is 11.5. The number of carbonyl (C=O) groups excluding carboxylic acids is 3. The minimum absolute atomic E-state index is 0.00342. The predicted molar refractivity (Wildman–Crippen MR) is 66.1 cm³/mol. The minimum Gasteiger partial charge on any atom is -0.438 e. The van der Waals surface area contributed by atoms with Crippen molar-refractivity contribution < 1.29 is 33.3 Å². The Labute approximate surface area is 118 Å². The Morgan fingerprint density at radius 2 is 1.74 bits per heavy atom.